The van der Waals surface area contributed by atoms with E-state index in [1.165, 1.54) is 0 Å². The van der Waals surface area contributed by atoms with Crippen LogP contribution in [-0.2, 0) is 4.79 Å². The fourth-order valence-electron chi connectivity index (χ4n) is 1.10. The fraction of sp³-hybridized carbons (Fsp3) is 0.900. The van der Waals surface area contributed by atoms with Crippen LogP contribution in [0.1, 0.15) is 33.6 Å². The van der Waals surface area contributed by atoms with E-state index in [4.69, 9.17) is 5.73 Å². The summed E-state index contributed by atoms with van der Waals surface area (Å²) in [4.78, 5) is 13.6. The van der Waals surface area contributed by atoms with Gasteiger partial charge in [0.1, 0.15) is 0 Å². The van der Waals surface area contributed by atoms with E-state index in [2.05, 4.69) is 0 Å². The van der Waals surface area contributed by atoms with Crippen molar-refractivity contribution < 1.29 is 4.79 Å². The summed E-state index contributed by atoms with van der Waals surface area (Å²) in [5, 5.41) is 0. The number of nitrogens with zero attached hydrogens (tertiary/aromatic N) is 1. The lowest BCUT2D eigenvalue weighted by Gasteiger charge is -2.28. The van der Waals surface area contributed by atoms with Gasteiger partial charge in [0.05, 0.1) is 0 Å². The molecule has 0 aromatic rings. The number of rotatable bonds is 5. The second-order valence-corrected chi connectivity index (χ2v) is 4.11. The van der Waals surface area contributed by atoms with E-state index in [1.54, 1.807) is 4.90 Å². The third-order valence-corrected chi connectivity index (χ3v) is 2.51. The molecule has 78 valence electrons. The molecule has 13 heavy (non-hydrogen) atoms. The lowest BCUT2D eigenvalue weighted by Crippen LogP contribution is -2.39. The molecule has 3 heteroatoms. The molecule has 0 aliphatic carbocycles. The fourth-order valence-corrected chi connectivity index (χ4v) is 1.10. The van der Waals surface area contributed by atoms with E-state index in [-0.39, 0.29) is 11.3 Å². The molecule has 0 atom stereocenters. The zero-order valence-electron chi connectivity index (χ0n) is 9.26. The van der Waals surface area contributed by atoms with Crippen LogP contribution < -0.4 is 5.73 Å². The van der Waals surface area contributed by atoms with Crippen molar-refractivity contribution in [3.05, 3.63) is 0 Å². The molecule has 2 N–H and O–H groups in total. The summed E-state index contributed by atoms with van der Waals surface area (Å²) in [6.07, 6.45) is 1.75. The summed E-state index contributed by atoms with van der Waals surface area (Å²) in [5.74, 6) is 0.212. The summed E-state index contributed by atoms with van der Waals surface area (Å²) in [6, 6.07) is 0. The Kier molecular flexibility index (Phi) is 4.99. The second kappa shape index (κ2) is 5.22. The van der Waals surface area contributed by atoms with Crippen LogP contribution in [0.4, 0.5) is 0 Å². The highest BCUT2D eigenvalue weighted by molar-refractivity contribution is 5.81. The second-order valence-electron chi connectivity index (χ2n) is 4.11. The molecule has 0 unspecified atom stereocenters. The van der Waals surface area contributed by atoms with Crippen molar-refractivity contribution in [2.45, 2.75) is 33.6 Å². The van der Waals surface area contributed by atoms with Crippen LogP contribution in [0.2, 0.25) is 0 Å². The summed E-state index contributed by atoms with van der Waals surface area (Å²) in [6.45, 7) is 7.40. The summed E-state index contributed by atoms with van der Waals surface area (Å²) < 4.78 is 0. The minimum absolute atomic E-state index is 0.212. The molecule has 0 heterocycles. The molecular formula is C10H22N2O. The zero-order chi connectivity index (χ0) is 10.5. The van der Waals surface area contributed by atoms with Crippen molar-refractivity contribution in [3.8, 4) is 0 Å². The van der Waals surface area contributed by atoms with E-state index in [9.17, 15) is 4.79 Å². The lowest BCUT2D eigenvalue weighted by atomic mass is 9.88. The van der Waals surface area contributed by atoms with Crippen LogP contribution in [0, 0.1) is 5.41 Å². The van der Waals surface area contributed by atoms with Crippen LogP contribution >= 0.6 is 0 Å². The molecule has 0 aliphatic heterocycles. The van der Waals surface area contributed by atoms with Crippen LogP contribution in [0.5, 0.6) is 0 Å². The number of hydrogen-bond acceptors (Lipinski definition) is 2. The average Bonchev–Trinajstić information content (AvgIpc) is 2.12. The molecule has 0 rings (SSSR count). The third kappa shape index (κ3) is 3.77. The Morgan fingerprint density at radius 2 is 2.00 bits per heavy atom. The maximum Gasteiger partial charge on any atom is 0.227 e. The van der Waals surface area contributed by atoms with E-state index >= 15 is 0 Å². The maximum atomic E-state index is 11.8. The van der Waals surface area contributed by atoms with Crippen molar-refractivity contribution in [2.24, 2.45) is 11.1 Å². The van der Waals surface area contributed by atoms with Gasteiger partial charge >= 0.3 is 0 Å². The van der Waals surface area contributed by atoms with Crippen LogP contribution in [0.25, 0.3) is 0 Å². The van der Waals surface area contributed by atoms with Gasteiger partial charge in [-0.3, -0.25) is 4.79 Å². The summed E-state index contributed by atoms with van der Waals surface area (Å²) in [7, 11) is 1.84. The van der Waals surface area contributed by atoms with Crippen LogP contribution in [0.15, 0.2) is 0 Å². The van der Waals surface area contributed by atoms with Gasteiger partial charge in [-0.1, -0.05) is 20.8 Å². The van der Waals surface area contributed by atoms with E-state index in [0.29, 0.717) is 6.54 Å². The van der Waals surface area contributed by atoms with Gasteiger partial charge in [0.15, 0.2) is 0 Å². The minimum Gasteiger partial charge on any atom is -0.345 e. The van der Waals surface area contributed by atoms with Gasteiger partial charge < -0.3 is 10.6 Å². The normalized spacial score (nSPS) is 11.5. The molecule has 0 fully saturated rings. The molecule has 0 aliphatic rings. The highest BCUT2D eigenvalue weighted by Gasteiger charge is 2.27. The first kappa shape index (κ1) is 12.4. The van der Waals surface area contributed by atoms with Crippen molar-refractivity contribution in [3.63, 3.8) is 0 Å². The first-order valence-corrected chi connectivity index (χ1v) is 4.91. The van der Waals surface area contributed by atoms with E-state index in [0.717, 1.165) is 19.4 Å². The number of nitrogens with two attached hydrogens (primary N) is 1. The molecule has 0 spiro atoms. The maximum absolute atomic E-state index is 11.8. The Hall–Kier alpha value is -0.570. The highest BCUT2D eigenvalue weighted by Crippen LogP contribution is 2.22. The number of carbonyl (C=O) groups excluding carboxylic acids is 1. The minimum atomic E-state index is -0.233. The molecule has 0 aromatic carbocycles. The summed E-state index contributed by atoms with van der Waals surface area (Å²) in [5.41, 5.74) is 5.15. The number of hydrogen-bond donors (Lipinski definition) is 1. The first-order valence-electron chi connectivity index (χ1n) is 4.91. The Labute approximate surface area is 81.3 Å². The van der Waals surface area contributed by atoms with Gasteiger partial charge in [0, 0.05) is 19.0 Å². The van der Waals surface area contributed by atoms with Gasteiger partial charge in [-0.2, -0.15) is 0 Å². The van der Waals surface area contributed by atoms with Gasteiger partial charge in [0.2, 0.25) is 5.91 Å². The van der Waals surface area contributed by atoms with Crippen molar-refractivity contribution in [1.82, 2.24) is 4.90 Å². The molecule has 3 nitrogen and oxygen atoms in total. The molecular weight excluding hydrogens is 164 g/mol. The predicted molar refractivity (Wildman–Crippen MR) is 55.4 cm³/mol. The smallest absolute Gasteiger partial charge is 0.227 e. The molecule has 0 radical (unpaired) electrons. The summed E-state index contributed by atoms with van der Waals surface area (Å²) >= 11 is 0. The van der Waals surface area contributed by atoms with Gasteiger partial charge in [-0.25, -0.2) is 0 Å². The van der Waals surface area contributed by atoms with Crippen molar-refractivity contribution in [1.29, 1.82) is 0 Å². The standard InChI is InChI=1S/C10H22N2O/c1-5-10(2,3)9(13)12(4)8-6-7-11/h5-8,11H2,1-4H3. The third-order valence-electron chi connectivity index (χ3n) is 2.51. The lowest BCUT2D eigenvalue weighted by molar-refractivity contribution is -0.139. The SMILES string of the molecule is CCC(C)(C)C(=O)N(C)CCCN. The number of carbonyl (C=O) groups is 1. The van der Waals surface area contributed by atoms with Gasteiger partial charge in [-0.15, -0.1) is 0 Å². The molecule has 1 amide bonds. The quantitative estimate of drug-likeness (QED) is 0.702. The number of amides is 1. The highest BCUT2D eigenvalue weighted by atomic mass is 16.2. The van der Waals surface area contributed by atoms with Crippen LogP contribution in [-0.4, -0.2) is 30.9 Å². The van der Waals surface area contributed by atoms with E-state index in [1.807, 2.05) is 27.8 Å². The Bertz CT molecular complexity index is 166. The zero-order valence-corrected chi connectivity index (χ0v) is 9.26. The first-order chi connectivity index (χ1) is 5.95. The Morgan fingerprint density at radius 3 is 2.38 bits per heavy atom. The van der Waals surface area contributed by atoms with Crippen molar-refractivity contribution in [2.75, 3.05) is 20.1 Å². The van der Waals surface area contributed by atoms with Crippen LogP contribution in [0.3, 0.4) is 0 Å². The monoisotopic (exact) mass is 186 g/mol. The van der Waals surface area contributed by atoms with Gasteiger partial charge in [-0.05, 0) is 19.4 Å². The largest absolute Gasteiger partial charge is 0.345 e. The Balaban J connectivity index is 4.09. The molecule has 0 saturated carbocycles. The average molecular weight is 186 g/mol. The van der Waals surface area contributed by atoms with E-state index < -0.39 is 0 Å². The Morgan fingerprint density at radius 1 is 1.46 bits per heavy atom. The molecule has 0 bridgehead atoms. The topological polar surface area (TPSA) is 46.3 Å². The van der Waals surface area contributed by atoms with Gasteiger partial charge in [0.25, 0.3) is 0 Å². The molecule has 0 saturated heterocycles. The molecule has 0 aromatic heterocycles. The van der Waals surface area contributed by atoms with Crippen molar-refractivity contribution >= 4 is 5.91 Å². The predicted octanol–water partition coefficient (Wildman–Crippen LogP) is 1.23.